The summed E-state index contributed by atoms with van der Waals surface area (Å²) in [6.07, 6.45) is 1.68. The molecular weight excluding hydrogens is 522 g/mol. The molecule has 0 aliphatic carbocycles. The minimum atomic E-state index is -0.332. The van der Waals surface area contributed by atoms with Gasteiger partial charge in [0.2, 0.25) is 0 Å². The first-order chi connectivity index (χ1) is 18.1. The van der Waals surface area contributed by atoms with Gasteiger partial charge in [-0.05, 0) is 76.3 Å². The van der Waals surface area contributed by atoms with E-state index in [2.05, 4.69) is 32.9 Å². The van der Waals surface area contributed by atoms with Gasteiger partial charge in [-0.25, -0.2) is 0 Å². The number of amides is 2. The molecule has 8 heteroatoms. The van der Waals surface area contributed by atoms with Crippen molar-refractivity contribution in [2.24, 2.45) is 0 Å². The summed E-state index contributed by atoms with van der Waals surface area (Å²) in [5, 5.41) is 0.291. The molecule has 1 aliphatic heterocycles. The van der Waals surface area contributed by atoms with Gasteiger partial charge in [-0.3, -0.25) is 14.5 Å². The third-order valence-corrected chi connectivity index (χ3v) is 7.10. The quantitative estimate of drug-likeness (QED) is 0.205. The number of carbonyl (C=O) groups is 2. The van der Waals surface area contributed by atoms with E-state index >= 15 is 0 Å². The van der Waals surface area contributed by atoms with Crippen LogP contribution in [0.25, 0.3) is 6.08 Å². The van der Waals surface area contributed by atoms with Crippen LogP contribution in [0.15, 0.2) is 71.6 Å². The Labute approximate surface area is 232 Å². The third kappa shape index (κ3) is 6.91. The van der Waals surface area contributed by atoms with Crippen LogP contribution in [-0.2, 0) is 16.8 Å². The summed E-state index contributed by atoms with van der Waals surface area (Å²) < 4.78 is 17.2. The highest BCUT2D eigenvalue weighted by atomic mass is 35.5. The number of nitrogens with zero attached hydrogens (tertiary/aromatic N) is 1. The minimum absolute atomic E-state index is 0.0936. The van der Waals surface area contributed by atoms with Crippen molar-refractivity contribution in [2.45, 2.75) is 32.7 Å². The monoisotopic (exact) mass is 551 g/mol. The maximum atomic E-state index is 12.9. The standard InChI is InChI=1S/C30H30ClNO5S/c1-30(2,3)22-8-12-24(13-9-22)36-15-16-37-25-14-7-21(17-26(25)35-4)18-27-28(33)32(29(34)38-27)19-20-5-10-23(31)11-6-20/h5-14,17-18H,15-16,19H2,1-4H3/b27-18-. The summed E-state index contributed by atoms with van der Waals surface area (Å²) in [4.78, 5) is 27.0. The zero-order chi connectivity index (χ0) is 27.3. The summed E-state index contributed by atoms with van der Waals surface area (Å²) in [6.45, 7) is 7.42. The Hall–Kier alpha value is -3.42. The Morgan fingerprint density at radius 1 is 0.895 bits per heavy atom. The molecule has 1 saturated heterocycles. The average molecular weight is 552 g/mol. The Morgan fingerprint density at radius 2 is 1.58 bits per heavy atom. The van der Waals surface area contributed by atoms with Gasteiger partial charge in [-0.15, -0.1) is 0 Å². The second kappa shape index (κ2) is 12.0. The highest BCUT2D eigenvalue weighted by Gasteiger charge is 2.35. The number of halogens is 1. The second-order valence-corrected chi connectivity index (χ2v) is 11.2. The van der Waals surface area contributed by atoms with Crippen molar-refractivity contribution in [1.82, 2.24) is 4.90 Å². The molecule has 1 fully saturated rings. The summed E-state index contributed by atoms with van der Waals surface area (Å²) in [5.41, 5.74) is 2.89. The normalized spacial score (nSPS) is 14.8. The molecule has 0 unspecified atom stereocenters. The van der Waals surface area contributed by atoms with Gasteiger partial charge in [0, 0.05) is 5.02 Å². The van der Waals surface area contributed by atoms with Crippen molar-refractivity contribution in [3.05, 3.63) is 93.3 Å². The number of imide groups is 1. The first-order valence-electron chi connectivity index (χ1n) is 12.2. The molecule has 6 nitrogen and oxygen atoms in total. The molecule has 0 spiro atoms. The average Bonchev–Trinajstić information content (AvgIpc) is 3.15. The number of hydrogen-bond acceptors (Lipinski definition) is 6. The van der Waals surface area contributed by atoms with Crippen LogP contribution < -0.4 is 14.2 Å². The summed E-state index contributed by atoms with van der Waals surface area (Å²) >= 11 is 6.84. The molecule has 0 radical (unpaired) electrons. The topological polar surface area (TPSA) is 65.1 Å². The molecule has 0 atom stereocenters. The van der Waals surface area contributed by atoms with Crippen LogP contribution in [0.2, 0.25) is 5.02 Å². The van der Waals surface area contributed by atoms with E-state index in [0.29, 0.717) is 34.6 Å². The maximum absolute atomic E-state index is 12.9. The number of thioether (sulfide) groups is 1. The van der Waals surface area contributed by atoms with Gasteiger partial charge in [0.05, 0.1) is 18.6 Å². The van der Waals surface area contributed by atoms with Crippen LogP contribution in [-0.4, -0.2) is 36.4 Å². The van der Waals surface area contributed by atoms with Crippen LogP contribution >= 0.6 is 23.4 Å². The van der Waals surface area contributed by atoms with Crippen molar-refractivity contribution >= 4 is 40.6 Å². The van der Waals surface area contributed by atoms with Crippen LogP contribution in [0.1, 0.15) is 37.5 Å². The molecule has 198 valence electrons. The first kappa shape index (κ1) is 27.6. The van der Waals surface area contributed by atoms with E-state index in [1.54, 1.807) is 49.6 Å². The van der Waals surface area contributed by atoms with Gasteiger partial charge >= 0.3 is 0 Å². The predicted molar refractivity (Wildman–Crippen MR) is 152 cm³/mol. The zero-order valence-corrected chi connectivity index (χ0v) is 23.4. The number of benzene rings is 3. The van der Waals surface area contributed by atoms with E-state index in [-0.39, 0.29) is 23.1 Å². The van der Waals surface area contributed by atoms with Gasteiger partial charge < -0.3 is 14.2 Å². The zero-order valence-electron chi connectivity index (χ0n) is 21.8. The van der Waals surface area contributed by atoms with Crippen molar-refractivity contribution in [3.8, 4) is 17.2 Å². The number of hydrogen-bond donors (Lipinski definition) is 0. The lowest BCUT2D eigenvalue weighted by Crippen LogP contribution is -2.27. The summed E-state index contributed by atoms with van der Waals surface area (Å²) in [7, 11) is 1.55. The highest BCUT2D eigenvalue weighted by molar-refractivity contribution is 8.18. The molecule has 1 aliphatic rings. The maximum Gasteiger partial charge on any atom is 0.293 e. The van der Waals surface area contributed by atoms with Crippen molar-refractivity contribution < 1.29 is 23.8 Å². The molecule has 3 aromatic rings. The summed E-state index contributed by atoms with van der Waals surface area (Å²) in [6, 6.07) is 20.5. The lowest BCUT2D eigenvalue weighted by molar-refractivity contribution is -0.123. The molecule has 0 aromatic heterocycles. The largest absolute Gasteiger partial charge is 0.493 e. The van der Waals surface area contributed by atoms with E-state index in [0.717, 1.165) is 28.6 Å². The van der Waals surface area contributed by atoms with Gasteiger partial charge in [-0.1, -0.05) is 62.7 Å². The molecule has 38 heavy (non-hydrogen) atoms. The number of ether oxygens (including phenoxy) is 3. The smallest absolute Gasteiger partial charge is 0.293 e. The second-order valence-electron chi connectivity index (χ2n) is 9.78. The Morgan fingerprint density at radius 3 is 2.24 bits per heavy atom. The van der Waals surface area contributed by atoms with Gasteiger partial charge in [0.1, 0.15) is 19.0 Å². The SMILES string of the molecule is COc1cc(/C=C2\SC(=O)N(Cc3ccc(Cl)cc3)C2=O)ccc1OCCOc1ccc(C(C)(C)C)cc1. The van der Waals surface area contributed by atoms with E-state index in [4.69, 9.17) is 25.8 Å². The number of rotatable bonds is 9. The Bertz CT molecular complexity index is 1330. The van der Waals surface area contributed by atoms with E-state index in [9.17, 15) is 9.59 Å². The van der Waals surface area contributed by atoms with Crippen molar-refractivity contribution in [1.29, 1.82) is 0 Å². The molecule has 0 saturated carbocycles. The van der Waals surface area contributed by atoms with Crippen LogP contribution in [0.5, 0.6) is 17.2 Å². The van der Waals surface area contributed by atoms with Gasteiger partial charge in [0.25, 0.3) is 11.1 Å². The Kier molecular flexibility index (Phi) is 8.69. The fraction of sp³-hybridized carbons (Fsp3) is 0.267. The highest BCUT2D eigenvalue weighted by Crippen LogP contribution is 2.35. The van der Waals surface area contributed by atoms with Crippen LogP contribution in [0, 0.1) is 0 Å². The fourth-order valence-electron chi connectivity index (χ4n) is 3.82. The molecule has 0 N–H and O–H groups in total. The number of carbonyl (C=O) groups excluding carboxylic acids is 2. The third-order valence-electron chi connectivity index (χ3n) is 5.94. The van der Waals surface area contributed by atoms with Gasteiger partial charge in [0.15, 0.2) is 11.5 Å². The lowest BCUT2D eigenvalue weighted by Gasteiger charge is -2.19. The predicted octanol–water partition coefficient (Wildman–Crippen LogP) is 7.34. The van der Waals surface area contributed by atoms with Crippen LogP contribution in [0.4, 0.5) is 4.79 Å². The van der Waals surface area contributed by atoms with Crippen molar-refractivity contribution in [3.63, 3.8) is 0 Å². The summed E-state index contributed by atoms with van der Waals surface area (Å²) in [5.74, 6) is 1.54. The molecule has 2 amide bonds. The van der Waals surface area contributed by atoms with Crippen LogP contribution in [0.3, 0.4) is 0 Å². The molecule has 3 aromatic carbocycles. The molecule has 0 bridgehead atoms. The first-order valence-corrected chi connectivity index (χ1v) is 13.4. The van der Waals surface area contributed by atoms with Crippen molar-refractivity contribution in [2.75, 3.05) is 20.3 Å². The molecular formula is C30H30ClNO5S. The Balaban J connectivity index is 1.35. The van der Waals surface area contributed by atoms with E-state index < -0.39 is 0 Å². The minimum Gasteiger partial charge on any atom is -0.493 e. The molecule has 1 heterocycles. The van der Waals surface area contributed by atoms with E-state index in [1.807, 2.05) is 18.2 Å². The van der Waals surface area contributed by atoms with Gasteiger partial charge in [-0.2, -0.15) is 0 Å². The number of methoxy groups -OCH3 is 1. The fourth-order valence-corrected chi connectivity index (χ4v) is 4.78. The van der Waals surface area contributed by atoms with E-state index in [1.165, 1.54) is 10.5 Å². The lowest BCUT2D eigenvalue weighted by atomic mass is 9.87. The molecule has 4 rings (SSSR count).